The SMILES string of the molecule is CN1CCSCC1C(O)c1ccsc1. The molecule has 2 rings (SSSR count). The van der Waals surface area contributed by atoms with E-state index >= 15 is 0 Å². The number of thioether (sulfide) groups is 1. The first kappa shape index (κ1) is 10.5. The maximum absolute atomic E-state index is 10.2. The van der Waals surface area contributed by atoms with Crippen LogP contribution in [0.4, 0.5) is 0 Å². The zero-order valence-corrected chi connectivity index (χ0v) is 9.85. The Bertz CT molecular complexity index is 276. The summed E-state index contributed by atoms with van der Waals surface area (Å²) >= 11 is 3.58. The number of hydrogen-bond acceptors (Lipinski definition) is 4. The first-order valence-corrected chi connectivity index (χ1v) is 6.87. The predicted molar refractivity (Wildman–Crippen MR) is 63.0 cm³/mol. The molecule has 0 aliphatic carbocycles. The van der Waals surface area contributed by atoms with Crippen LogP contribution in [0.3, 0.4) is 0 Å². The first-order chi connectivity index (χ1) is 6.79. The first-order valence-electron chi connectivity index (χ1n) is 4.77. The fraction of sp³-hybridized carbons (Fsp3) is 0.600. The van der Waals surface area contributed by atoms with Gasteiger partial charge >= 0.3 is 0 Å². The molecule has 2 nitrogen and oxygen atoms in total. The van der Waals surface area contributed by atoms with E-state index in [1.54, 1.807) is 11.3 Å². The second-order valence-corrected chi connectivity index (χ2v) is 5.55. The fourth-order valence-electron chi connectivity index (χ4n) is 1.70. The minimum atomic E-state index is -0.320. The van der Waals surface area contributed by atoms with Crippen LogP contribution < -0.4 is 0 Å². The highest BCUT2D eigenvalue weighted by atomic mass is 32.2. The van der Waals surface area contributed by atoms with Crippen molar-refractivity contribution in [2.75, 3.05) is 25.1 Å². The Hall–Kier alpha value is -0.0300. The summed E-state index contributed by atoms with van der Waals surface area (Å²) in [5.74, 6) is 2.22. The van der Waals surface area contributed by atoms with E-state index < -0.39 is 0 Å². The molecule has 1 aromatic rings. The molecule has 0 bridgehead atoms. The van der Waals surface area contributed by atoms with Crippen molar-refractivity contribution >= 4 is 23.1 Å². The smallest absolute Gasteiger partial charge is 0.0961 e. The lowest BCUT2D eigenvalue weighted by atomic mass is 10.1. The van der Waals surface area contributed by atoms with Crippen LogP contribution in [0.25, 0.3) is 0 Å². The largest absolute Gasteiger partial charge is 0.387 e. The number of nitrogens with zero attached hydrogens (tertiary/aromatic N) is 1. The van der Waals surface area contributed by atoms with Gasteiger partial charge < -0.3 is 5.11 Å². The van der Waals surface area contributed by atoms with E-state index in [9.17, 15) is 5.11 Å². The normalized spacial score (nSPS) is 26.3. The van der Waals surface area contributed by atoms with Gasteiger partial charge in [0.15, 0.2) is 0 Å². The molecule has 1 fully saturated rings. The summed E-state index contributed by atoms with van der Waals surface area (Å²) in [6.07, 6.45) is -0.320. The molecule has 2 heterocycles. The van der Waals surface area contributed by atoms with E-state index in [4.69, 9.17) is 0 Å². The molecule has 0 aromatic carbocycles. The van der Waals surface area contributed by atoms with Gasteiger partial charge in [0.1, 0.15) is 0 Å². The van der Waals surface area contributed by atoms with Crippen molar-refractivity contribution < 1.29 is 5.11 Å². The summed E-state index contributed by atoms with van der Waals surface area (Å²) in [6, 6.07) is 2.30. The Balaban J connectivity index is 2.06. The molecule has 1 aliphatic heterocycles. The van der Waals surface area contributed by atoms with Crippen LogP contribution in [0.2, 0.25) is 0 Å². The number of aliphatic hydroxyl groups excluding tert-OH is 1. The maximum atomic E-state index is 10.2. The Morgan fingerprint density at radius 2 is 2.50 bits per heavy atom. The fourth-order valence-corrected chi connectivity index (χ4v) is 3.65. The molecule has 1 aliphatic rings. The van der Waals surface area contributed by atoms with Gasteiger partial charge in [0.05, 0.1) is 6.10 Å². The summed E-state index contributed by atoms with van der Waals surface area (Å²) in [6.45, 7) is 1.08. The summed E-state index contributed by atoms with van der Waals surface area (Å²) in [5, 5.41) is 14.2. The van der Waals surface area contributed by atoms with Crippen molar-refractivity contribution in [2.24, 2.45) is 0 Å². The molecule has 78 valence electrons. The Labute approximate surface area is 92.9 Å². The van der Waals surface area contributed by atoms with E-state index in [1.807, 2.05) is 28.6 Å². The van der Waals surface area contributed by atoms with E-state index in [0.29, 0.717) is 0 Å². The molecule has 1 saturated heterocycles. The van der Waals surface area contributed by atoms with Crippen molar-refractivity contribution in [3.8, 4) is 0 Å². The van der Waals surface area contributed by atoms with Crippen molar-refractivity contribution in [1.82, 2.24) is 4.90 Å². The Morgan fingerprint density at radius 1 is 1.64 bits per heavy atom. The lowest BCUT2D eigenvalue weighted by Gasteiger charge is -2.35. The number of thiophene rings is 1. The summed E-state index contributed by atoms with van der Waals surface area (Å²) in [7, 11) is 2.10. The highest BCUT2D eigenvalue weighted by molar-refractivity contribution is 7.99. The van der Waals surface area contributed by atoms with Crippen LogP contribution in [0.1, 0.15) is 11.7 Å². The van der Waals surface area contributed by atoms with Crippen molar-refractivity contribution in [2.45, 2.75) is 12.1 Å². The average Bonchev–Trinajstić information content (AvgIpc) is 2.70. The van der Waals surface area contributed by atoms with Gasteiger partial charge in [0.2, 0.25) is 0 Å². The minimum absolute atomic E-state index is 0.281. The predicted octanol–water partition coefficient (Wildman–Crippen LogP) is 1.83. The Morgan fingerprint density at radius 3 is 3.14 bits per heavy atom. The summed E-state index contributed by atoms with van der Waals surface area (Å²) in [5.41, 5.74) is 1.06. The third-order valence-corrected chi connectivity index (χ3v) is 4.44. The van der Waals surface area contributed by atoms with Crippen molar-refractivity contribution in [3.63, 3.8) is 0 Å². The molecule has 14 heavy (non-hydrogen) atoms. The zero-order valence-electron chi connectivity index (χ0n) is 8.22. The van der Waals surface area contributed by atoms with E-state index in [-0.39, 0.29) is 12.1 Å². The molecule has 4 heteroatoms. The second-order valence-electron chi connectivity index (χ2n) is 3.62. The van der Waals surface area contributed by atoms with Gasteiger partial charge in [0.25, 0.3) is 0 Å². The summed E-state index contributed by atoms with van der Waals surface area (Å²) in [4.78, 5) is 2.26. The van der Waals surface area contributed by atoms with Crippen LogP contribution in [-0.4, -0.2) is 41.1 Å². The van der Waals surface area contributed by atoms with Gasteiger partial charge in [-0.15, -0.1) is 0 Å². The van der Waals surface area contributed by atoms with Crippen molar-refractivity contribution in [1.29, 1.82) is 0 Å². The van der Waals surface area contributed by atoms with Gasteiger partial charge in [-0.05, 0) is 29.4 Å². The van der Waals surface area contributed by atoms with Crippen LogP contribution in [-0.2, 0) is 0 Å². The monoisotopic (exact) mass is 229 g/mol. The highest BCUT2D eigenvalue weighted by Gasteiger charge is 2.27. The van der Waals surface area contributed by atoms with Gasteiger partial charge in [-0.3, -0.25) is 4.90 Å². The quantitative estimate of drug-likeness (QED) is 0.837. The Kier molecular flexibility index (Phi) is 3.49. The zero-order chi connectivity index (χ0) is 9.97. The van der Waals surface area contributed by atoms with Gasteiger partial charge in [0, 0.05) is 24.1 Å². The molecule has 0 radical (unpaired) electrons. The molecule has 0 spiro atoms. The van der Waals surface area contributed by atoms with Crippen molar-refractivity contribution in [3.05, 3.63) is 22.4 Å². The number of hydrogen-bond donors (Lipinski definition) is 1. The lowest BCUT2D eigenvalue weighted by molar-refractivity contribution is 0.0762. The van der Waals surface area contributed by atoms with Crippen LogP contribution in [0.5, 0.6) is 0 Å². The number of aliphatic hydroxyl groups is 1. The van der Waals surface area contributed by atoms with Gasteiger partial charge in [-0.1, -0.05) is 0 Å². The van der Waals surface area contributed by atoms with Crippen LogP contribution >= 0.6 is 23.1 Å². The molecule has 2 atom stereocenters. The van der Waals surface area contributed by atoms with Crippen LogP contribution in [0, 0.1) is 0 Å². The molecule has 0 saturated carbocycles. The molecule has 1 aromatic heterocycles. The molecule has 0 amide bonds. The third-order valence-electron chi connectivity index (χ3n) is 2.69. The van der Waals surface area contributed by atoms with E-state index in [1.165, 1.54) is 5.75 Å². The number of likely N-dealkylation sites (N-methyl/N-ethyl adjacent to an activating group) is 1. The minimum Gasteiger partial charge on any atom is -0.387 e. The maximum Gasteiger partial charge on any atom is 0.0961 e. The molecule has 2 unspecified atom stereocenters. The summed E-state index contributed by atoms with van der Waals surface area (Å²) < 4.78 is 0. The molecular weight excluding hydrogens is 214 g/mol. The standard InChI is InChI=1S/C10H15NOS2/c1-11-3-5-14-7-9(11)10(12)8-2-4-13-6-8/h2,4,6,9-10,12H,3,5,7H2,1H3. The molecular formula is C10H15NOS2. The van der Waals surface area contributed by atoms with Gasteiger partial charge in [-0.2, -0.15) is 23.1 Å². The highest BCUT2D eigenvalue weighted by Crippen LogP contribution is 2.27. The second kappa shape index (κ2) is 4.66. The topological polar surface area (TPSA) is 23.5 Å². The van der Waals surface area contributed by atoms with E-state index in [2.05, 4.69) is 11.9 Å². The van der Waals surface area contributed by atoms with E-state index in [0.717, 1.165) is 17.9 Å². The lowest BCUT2D eigenvalue weighted by Crippen LogP contribution is -2.43. The average molecular weight is 229 g/mol. The number of rotatable bonds is 2. The molecule has 1 N–H and O–H groups in total. The van der Waals surface area contributed by atoms with Gasteiger partial charge in [-0.25, -0.2) is 0 Å². The van der Waals surface area contributed by atoms with Crippen LogP contribution in [0.15, 0.2) is 16.8 Å². The third kappa shape index (κ3) is 2.14.